The summed E-state index contributed by atoms with van der Waals surface area (Å²) in [6, 6.07) is 135. The van der Waals surface area contributed by atoms with E-state index in [1.165, 1.54) is 147 Å². The number of likely N-dealkylation sites (tertiary alicyclic amines) is 2. The molecule has 28 heteroatoms. The number of alkyl halides is 5. The summed E-state index contributed by atoms with van der Waals surface area (Å²) in [7, 11) is -10.6. The quantitative estimate of drug-likeness (QED) is 0.0110. The molecule has 144 heavy (non-hydrogen) atoms. The summed E-state index contributed by atoms with van der Waals surface area (Å²) < 4.78 is 138. The SMILES string of the molecule is CC(F)(F)CC(F)CN1CCC(N2CCCCC2)CC1.CCC12CCC(CC1=O)C2(C)C.O=C(OCCOC(=O)C(F)(F)S(=O)(=O)[O-])c1ccncc1.O=C(OCCS(=O)(=O)[O-])c1ccncc1.c1ccc([S+](c2ccccc2)c2ccccc2)cc1.c1ccc([S+](c2ccccc2)c2ccccc2)cc1.c1ccc([S+](c2ccccc2)c2ccccc2)cc1.c1ccc([S+](c2ccccc2)c2ccccc2)cc1. The van der Waals surface area contributed by atoms with Crippen LogP contribution in [0.4, 0.5) is 22.0 Å². The number of halogens is 5. The number of ether oxygens (including phenoxy) is 3. The lowest BCUT2D eigenvalue weighted by Crippen LogP contribution is -2.48. The maximum absolute atomic E-state index is 13.6. The molecule has 17 nitrogen and oxygen atoms in total. The van der Waals surface area contributed by atoms with Crippen molar-refractivity contribution in [2.24, 2.45) is 16.7 Å². The zero-order chi connectivity index (χ0) is 103. The van der Waals surface area contributed by atoms with Crippen LogP contribution in [0.15, 0.2) is 472 Å². The summed E-state index contributed by atoms with van der Waals surface area (Å²) in [5.41, 5.74) is 0.744. The topological polar surface area (TPSA) is 243 Å². The number of esters is 3. The molecule has 0 radical (unpaired) electrons. The average molecular weight is 2070 g/mol. The molecule has 2 aliphatic carbocycles. The normalized spacial score (nSPS) is 15.7. The highest BCUT2D eigenvalue weighted by Gasteiger charge is 2.63. The third-order valence-electron chi connectivity index (χ3n) is 24.5. The van der Waals surface area contributed by atoms with Crippen LogP contribution in [0.1, 0.15) is 113 Å². The third-order valence-corrected chi connectivity index (χ3v) is 34.9. The number of carbonyl (C=O) groups is 4. The lowest BCUT2D eigenvalue weighted by molar-refractivity contribution is -0.162. The van der Waals surface area contributed by atoms with E-state index in [1.807, 2.05) is 4.90 Å². The summed E-state index contributed by atoms with van der Waals surface area (Å²) in [5, 5.41) is -5.19. The van der Waals surface area contributed by atoms with Gasteiger partial charge in [-0.05, 0) is 259 Å². The van der Waals surface area contributed by atoms with Crippen LogP contribution in [0.25, 0.3) is 0 Å². The minimum Gasteiger partial charge on any atom is -0.748 e. The van der Waals surface area contributed by atoms with Gasteiger partial charge in [-0.25, -0.2) is 44.4 Å². The van der Waals surface area contributed by atoms with Crippen LogP contribution >= 0.6 is 0 Å². The van der Waals surface area contributed by atoms with Crippen LogP contribution in [0, 0.1) is 16.7 Å². The molecule has 12 aromatic carbocycles. The van der Waals surface area contributed by atoms with Crippen molar-refractivity contribution < 1.29 is 81.3 Å². The van der Waals surface area contributed by atoms with Gasteiger partial charge in [0.15, 0.2) is 68.9 Å². The van der Waals surface area contributed by atoms with Crippen LogP contribution in [-0.2, 0) is 87.6 Å². The first kappa shape index (κ1) is 112. The molecule has 14 aromatic rings. The number of piperidine rings is 2. The maximum Gasteiger partial charge on any atom is 0.428 e. The highest BCUT2D eigenvalue weighted by molar-refractivity contribution is 7.98. The van der Waals surface area contributed by atoms with Crippen LogP contribution in [0.3, 0.4) is 0 Å². The van der Waals surface area contributed by atoms with Crippen molar-refractivity contribution in [3.05, 3.63) is 424 Å². The maximum atomic E-state index is 13.6. The van der Waals surface area contributed by atoms with Gasteiger partial charge >= 0.3 is 23.2 Å². The van der Waals surface area contributed by atoms with E-state index in [2.05, 4.69) is 414 Å². The standard InChI is InChI=1S/4C18H15S.C15H27F3N2.C11H18O.C10H9F2NO7S.C8H9NO5S/c4*1-4-10-16(11-5-1)19(17-12-6-2-7-13-17)18-14-8-3-9-15-18;1-15(17,18)11-13(16)12-19-9-5-14(6-10-19)20-7-3-2-4-8-20;1-4-11-6-5-8(7-9(11)12)10(11,2)3;11-10(12,21(16,17)18)9(15)20-6-5-19-8(14)7-1-3-13-4-2-7;10-8(7-1-3-9-4-2-7)14-5-6-15(11,12)13/h4*1-15H;13-14H,2-12H2,1H3;8H,4-7H2,1-3H3;1-4H,5-6H2,(H,16,17,18);1-4H,5-6H2,(H,11,12,13)/q4*+1;;;;/p-2. The number of ketones is 1. The highest BCUT2D eigenvalue weighted by atomic mass is 32.2. The Labute approximate surface area is 855 Å². The minimum atomic E-state index is -6.17. The first-order valence-electron chi connectivity index (χ1n) is 47.6. The molecular weight excluding hydrogens is 1940 g/mol. The zero-order valence-corrected chi connectivity index (χ0v) is 85.8. The fourth-order valence-electron chi connectivity index (χ4n) is 17.2. The predicted molar refractivity (Wildman–Crippen MR) is 559 cm³/mol. The monoisotopic (exact) mass is 2060 g/mol. The smallest absolute Gasteiger partial charge is 0.428 e. The van der Waals surface area contributed by atoms with Crippen molar-refractivity contribution in [1.82, 2.24) is 19.8 Å². The van der Waals surface area contributed by atoms with Gasteiger partial charge in [-0.1, -0.05) is 246 Å². The zero-order valence-electron chi connectivity index (χ0n) is 80.9. The van der Waals surface area contributed by atoms with Gasteiger partial charge in [-0.3, -0.25) is 14.8 Å². The first-order chi connectivity index (χ1) is 69.4. The van der Waals surface area contributed by atoms with Crippen LogP contribution in [0.5, 0.6) is 0 Å². The molecule has 3 unspecified atom stereocenters. The highest BCUT2D eigenvalue weighted by Crippen LogP contribution is 2.65. The van der Waals surface area contributed by atoms with Gasteiger partial charge in [0.1, 0.15) is 31.8 Å². The summed E-state index contributed by atoms with van der Waals surface area (Å²) in [4.78, 5) is 73.3. The molecule has 752 valence electrons. The van der Waals surface area contributed by atoms with E-state index in [-0.39, 0.29) is 66.7 Å². The van der Waals surface area contributed by atoms with Gasteiger partial charge in [-0.15, -0.1) is 0 Å². The van der Waals surface area contributed by atoms with Gasteiger partial charge in [0, 0.05) is 55.6 Å². The van der Waals surface area contributed by atoms with Crippen LogP contribution in [-0.4, -0.2) is 151 Å². The molecule has 3 atom stereocenters. The number of pyridine rings is 2. The van der Waals surface area contributed by atoms with Crippen molar-refractivity contribution in [2.45, 2.75) is 174 Å². The third kappa shape index (κ3) is 34.5. The summed E-state index contributed by atoms with van der Waals surface area (Å²) in [6.45, 7) is 9.92. The summed E-state index contributed by atoms with van der Waals surface area (Å²) in [6.07, 6.45) is 13.7. The number of rotatable bonds is 28. The number of carbonyl (C=O) groups excluding carboxylic acids is 4. The Morgan fingerprint density at radius 1 is 0.410 bits per heavy atom. The van der Waals surface area contributed by atoms with Gasteiger partial charge in [-0.2, -0.15) is 8.78 Å². The molecule has 0 spiro atoms. The minimum absolute atomic E-state index is 0.0146. The van der Waals surface area contributed by atoms with E-state index in [4.69, 9.17) is 0 Å². The van der Waals surface area contributed by atoms with Crippen molar-refractivity contribution in [3.63, 3.8) is 0 Å². The molecular formula is C116H121F5N4O13S6+2. The number of fused-ring (bicyclic) bond motifs is 2. The number of nitrogens with zero attached hydrogens (tertiary/aromatic N) is 4. The number of hydrogen-bond acceptors (Lipinski definition) is 17. The Hall–Kier alpha value is -12.2. The molecule has 2 saturated carbocycles. The predicted octanol–water partition coefficient (Wildman–Crippen LogP) is 24.9. The van der Waals surface area contributed by atoms with Crippen molar-refractivity contribution in [3.8, 4) is 0 Å². The molecule has 4 heterocycles. The molecule has 0 N–H and O–H groups in total. The van der Waals surface area contributed by atoms with Gasteiger partial charge in [0.05, 0.1) is 70.6 Å². The van der Waals surface area contributed by atoms with E-state index in [9.17, 15) is 67.1 Å². The number of aromatic nitrogens is 2. The molecule has 2 saturated heterocycles. The van der Waals surface area contributed by atoms with E-state index in [0.717, 1.165) is 52.1 Å². The molecule has 2 aliphatic heterocycles. The Bertz CT molecular complexity index is 5510. The fraction of sp³-hybridized carbons (Fsp3) is 0.259. The second kappa shape index (κ2) is 56.9. The van der Waals surface area contributed by atoms with Gasteiger partial charge in [0.2, 0.25) is 5.92 Å². The first-order valence-corrected chi connectivity index (χ1v) is 55.5. The van der Waals surface area contributed by atoms with E-state index >= 15 is 0 Å². The van der Waals surface area contributed by atoms with Gasteiger partial charge < -0.3 is 33.1 Å². The van der Waals surface area contributed by atoms with Crippen molar-refractivity contribution in [1.29, 1.82) is 0 Å². The Kier molecular flexibility index (Phi) is 44.3. The molecule has 18 rings (SSSR count). The van der Waals surface area contributed by atoms with Gasteiger partial charge in [0.25, 0.3) is 0 Å². The lowest BCUT2D eigenvalue weighted by Gasteiger charge is -2.40. The van der Waals surface area contributed by atoms with Crippen LogP contribution in [0.2, 0.25) is 0 Å². The number of hydrogen-bond donors (Lipinski definition) is 0. The molecule has 2 bridgehead atoms. The van der Waals surface area contributed by atoms with Crippen molar-refractivity contribution >= 4 is 87.5 Å². The number of benzene rings is 12. The van der Waals surface area contributed by atoms with E-state index in [0.29, 0.717) is 23.2 Å². The second-order valence-corrected chi connectivity index (χ2v) is 45.7. The van der Waals surface area contributed by atoms with Crippen LogP contribution < -0.4 is 0 Å². The fourth-order valence-corrected chi connectivity index (χ4v) is 26.2. The molecule has 4 fully saturated rings. The molecule has 2 aromatic heterocycles. The lowest BCUT2D eigenvalue weighted by atomic mass is 9.67. The largest absolute Gasteiger partial charge is 0.748 e. The average Bonchev–Trinajstić information content (AvgIpc) is 1.55. The summed E-state index contributed by atoms with van der Waals surface area (Å²) >= 11 is 0. The Morgan fingerprint density at radius 2 is 0.681 bits per heavy atom. The number of Topliss-reactive ketones (excluding diaryl/α,β-unsaturated/α-hetero) is 1. The van der Waals surface area contributed by atoms with E-state index < -0.39 is 87.5 Å². The molecule has 0 amide bonds. The molecule has 4 aliphatic rings. The second-order valence-electron chi connectivity index (χ2n) is 34.6. The van der Waals surface area contributed by atoms with E-state index in [1.54, 1.807) is 0 Å². The summed E-state index contributed by atoms with van der Waals surface area (Å²) in [5.74, 6) is -6.42. The Balaban J connectivity index is 0.000000157. The Morgan fingerprint density at radius 3 is 0.910 bits per heavy atom. The van der Waals surface area contributed by atoms with Crippen molar-refractivity contribution in [2.75, 3.05) is 58.3 Å².